The third kappa shape index (κ3) is 6.54. The zero-order chi connectivity index (χ0) is 23.1. The van der Waals surface area contributed by atoms with Crippen molar-refractivity contribution in [3.63, 3.8) is 0 Å². The van der Waals surface area contributed by atoms with Crippen molar-refractivity contribution >= 4 is 44.2 Å². The zero-order valence-corrected chi connectivity index (χ0v) is 20.8. The Labute approximate surface area is 202 Å². The number of benzene rings is 3. The first kappa shape index (κ1) is 24.2. The van der Waals surface area contributed by atoms with E-state index in [0.717, 1.165) is 9.13 Å². The molecule has 0 saturated heterocycles. The first-order chi connectivity index (χ1) is 15.3. The Balaban J connectivity index is 1.86. The monoisotopic (exact) mass is 564 g/mol. The average molecular weight is 564 g/mol. The molecule has 1 amide bonds. The van der Waals surface area contributed by atoms with Gasteiger partial charge < -0.3 is 10.1 Å². The van der Waals surface area contributed by atoms with Crippen LogP contribution in [0.25, 0.3) is 0 Å². The van der Waals surface area contributed by atoms with Crippen LogP contribution in [0.3, 0.4) is 0 Å². The quantitative estimate of drug-likeness (QED) is 0.375. The van der Waals surface area contributed by atoms with Gasteiger partial charge in [0.15, 0.2) is 0 Å². The molecule has 0 aromatic heterocycles. The van der Waals surface area contributed by atoms with Gasteiger partial charge in [0, 0.05) is 9.26 Å². The minimum atomic E-state index is -3.95. The second-order valence-corrected chi connectivity index (χ2v) is 10.2. The van der Waals surface area contributed by atoms with Crippen LogP contribution in [0.4, 0.5) is 5.69 Å². The predicted molar refractivity (Wildman–Crippen MR) is 134 cm³/mol. The summed E-state index contributed by atoms with van der Waals surface area (Å²) in [6.45, 7) is 4.14. The van der Waals surface area contributed by atoms with Gasteiger partial charge in [-0.2, -0.15) is 4.72 Å². The van der Waals surface area contributed by atoms with E-state index in [1.807, 2.05) is 49.4 Å². The predicted octanol–water partition coefficient (Wildman–Crippen LogP) is 4.53. The first-order valence-electron chi connectivity index (χ1n) is 10.1. The molecular weight excluding hydrogens is 539 g/mol. The third-order valence-corrected chi connectivity index (χ3v) is 6.95. The number of carbonyl (C=O) groups is 1. The van der Waals surface area contributed by atoms with Gasteiger partial charge in [0.2, 0.25) is 15.9 Å². The van der Waals surface area contributed by atoms with Gasteiger partial charge in [-0.15, -0.1) is 0 Å². The van der Waals surface area contributed by atoms with Crippen molar-refractivity contribution in [2.45, 2.75) is 31.2 Å². The molecule has 0 aliphatic heterocycles. The molecule has 3 aromatic carbocycles. The lowest BCUT2D eigenvalue weighted by molar-refractivity contribution is -0.117. The van der Waals surface area contributed by atoms with Crippen molar-refractivity contribution in [2.24, 2.45) is 0 Å². The van der Waals surface area contributed by atoms with Gasteiger partial charge >= 0.3 is 0 Å². The van der Waals surface area contributed by atoms with Crippen molar-refractivity contribution in [2.75, 3.05) is 11.9 Å². The molecule has 2 N–H and O–H groups in total. The fourth-order valence-corrected chi connectivity index (χ4v) is 4.80. The Kier molecular flexibility index (Phi) is 8.27. The summed E-state index contributed by atoms with van der Waals surface area (Å²) in [5.74, 6) is 0.199. The number of anilines is 1. The lowest BCUT2D eigenvalue weighted by Crippen LogP contribution is -2.45. The van der Waals surface area contributed by atoms with Crippen molar-refractivity contribution in [1.82, 2.24) is 4.72 Å². The van der Waals surface area contributed by atoms with Crippen LogP contribution in [-0.4, -0.2) is 27.0 Å². The van der Waals surface area contributed by atoms with E-state index in [1.54, 1.807) is 31.2 Å². The van der Waals surface area contributed by atoms with Crippen molar-refractivity contribution in [1.29, 1.82) is 0 Å². The lowest BCUT2D eigenvalue weighted by Gasteiger charge is -2.19. The van der Waals surface area contributed by atoms with E-state index < -0.39 is 22.0 Å². The highest BCUT2D eigenvalue weighted by Crippen LogP contribution is 2.22. The first-order valence-corrected chi connectivity index (χ1v) is 12.7. The van der Waals surface area contributed by atoms with Crippen molar-refractivity contribution < 1.29 is 17.9 Å². The number of halogens is 1. The van der Waals surface area contributed by atoms with Gasteiger partial charge in [0.1, 0.15) is 11.8 Å². The van der Waals surface area contributed by atoms with Gasteiger partial charge in [0.25, 0.3) is 0 Å². The minimum Gasteiger partial charge on any atom is -0.494 e. The van der Waals surface area contributed by atoms with E-state index in [2.05, 4.69) is 32.6 Å². The van der Waals surface area contributed by atoms with Gasteiger partial charge in [-0.05, 0) is 96.5 Å². The smallest absolute Gasteiger partial charge is 0.242 e. The highest BCUT2D eigenvalue weighted by atomic mass is 127. The summed E-state index contributed by atoms with van der Waals surface area (Å²) < 4.78 is 35.4. The molecule has 0 spiro atoms. The standard InChI is InChI=1S/C24H25IN2O4S/c1-3-31-23-14-13-21(15-17(23)2)32(29,30)27-22(16-18-7-5-4-6-8-18)24(28)26-20-11-9-19(25)10-12-20/h4-15,22,27H,3,16H2,1-2H3,(H,26,28). The Morgan fingerprint density at radius 3 is 2.34 bits per heavy atom. The summed E-state index contributed by atoms with van der Waals surface area (Å²) in [4.78, 5) is 13.1. The molecule has 0 radical (unpaired) electrons. The molecule has 0 bridgehead atoms. The fraction of sp³-hybridized carbons (Fsp3) is 0.208. The number of hydrogen-bond donors (Lipinski definition) is 2. The minimum absolute atomic E-state index is 0.0820. The molecule has 3 aromatic rings. The average Bonchev–Trinajstić information content (AvgIpc) is 2.77. The summed E-state index contributed by atoms with van der Waals surface area (Å²) in [6, 6.07) is 20.3. The maximum Gasteiger partial charge on any atom is 0.242 e. The fourth-order valence-electron chi connectivity index (χ4n) is 3.16. The Bertz CT molecular complexity index is 1170. The number of hydrogen-bond acceptors (Lipinski definition) is 4. The molecule has 6 nitrogen and oxygen atoms in total. The van der Waals surface area contributed by atoms with Gasteiger partial charge in [-0.25, -0.2) is 8.42 Å². The molecule has 0 aliphatic rings. The molecule has 1 unspecified atom stereocenters. The number of aryl methyl sites for hydroxylation is 1. The maximum atomic E-state index is 13.1. The van der Waals surface area contributed by atoms with Crippen LogP contribution in [0.1, 0.15) is 18.1 Å². The highest BCUT2D eigenvalue weighted by molar-refractivity contribution is 14.1. The summed E-state index contributed by atoms with van der Waals surface area (Å²) in [5.41, 5.74) is 2.16. The number of rotatable bonds is 9. The molecule has 0 fully saturated rings. The topological polar surface area (TPSA) is 84.5 Å². The molecule has 3 rings (SSSR count). The Morgan fingerprint density at radius 2 is 1.72 bits per heavy atom. The van der Waals surface area contributed by atoms with Crippen LogP contribution < -0.4 is 14.8 Å². The van der Waals surface area contributed by atoms with Crippen LogP contribution in [0.15, 0.2) is 77.7 Å². The van der Waals surface area contributed by atoms with Crippen LogP contribution >= 0.6 is 22.6 Å². The largest absolute Gasteiger partial charge is 0.494 e. The van der Waals surface area contributed by atoms with Gasteiger partial charge in [-0.3, -0.25) is 4.79 Å². The molecule has 0 saturated carbocycles. The number of ether oxygens (including phenoxy) is 1. The van der Waals surface area contributed by atoms with Gasteiger partial charge in [-0.1, -0.05) is 30.3 Å². The summed E-state index contributed by atoms with van der Waals surface area (Å²) >= 11 is 2.18. The normalized spacial score (nSPS) is 12.2. The number of nitrogens with one attached hydrogen (secondary N) is 2. The number of amides is 1. The molecule has 168 valence electrons. The van der Waals surface area contributed by atoms with Crippen LogP contribution in [0.5, 0.6) is 5.75 Å². The second-order valence-electron chi connectivity index (χ2n) is 7.22. The van der Waals surface area contributed by atoms with E-state index in [-0.39, 0.29) is 11.3 Å². The molecular formula is C24H25IN2O4S. The Morgan fingerprint density at radius 1 is 1.03 bits per heavy atom. The number of carbonyl (C=O) groups excluding carboxylic acids is 1. The molecule has 32 heavy (non-hydrogen) atoms. The second kappa shape index (κ2) is 10.9. The summed E-state index contributed by atoms with van der Waals surface area (Å²) in [7, 11) is -3.95. The van der Waals surface area contributed by atoms with E-state index in [9.17, 15) is 13.2 Å². The van der Waals surface area contributed by atoms with Crippen LogP contribution in [-0.2, 0) is 21.2 Å². The van der Waals surface area contributed by atoms with E-state index in [0.29, 0.717) is 23.6 Å². The SMILES string of the molecule is CCOc1ccc(S(=O)(=O)NC(Cc2ccccc2)C(=O)Nc2ccc(I)cc2)cc1C. The molecule has 0 aliphatic carbocycles. The third-order valence-electron chi connectivity index (χ3n) is 4.76. The zero-order valence-electron chi connectivity index (χ0n) is 17.8. The van der Waals surface area contributed by atoms with Crippen molar-refractivity contribution in [3.05, 3.63) is 87.5 Å². The van der Waals surface area contributed by atoms with Gasteiger partial charge in [0.05, 0.1) is 11.5 Å². The van der Waals surface area contributed by atoms with E-state index in [4.69, 9.17) is 4.74 Å². The van der Waals surface area contributed by atoms with Crippen LogP contribution in [0, 0.1) is 10.5 Å². The maximum absolute atomic E-state index is 13.1. The highest BCUT2D eigenvalue weighted by Gasteiger charge is 2.26. The van der Waals surface area contributed by atoms with Crippen molar-refractivity contribution in [3.8, 4) is 5.75 Å². The van der Waals surface area contributed by atoms with Crippen LogP contribution in [0.2, 0.25) is 0 Å². The Hall–Kier alpha value is -2.43. The summed E-state index contributed by atoms with van der Waals surface area (Å²) in [6.07, 6.45) is 0.215. The lowest BCUT2D eigenvalue weighted by atomic mass is 10.1. The van der Waals surface area contributed by atoms with E-state index in [1.165, 1.54) is 6.07 Å². The molecule has 1 atom stereocenters. The van der Waals surface area contributed by atoms with E-state index >= 15 is 0 Å². The molecule has 8 heteroatoms. The number of sulfonamides is 1. The molecule has 0 heterocycles. The summed E-state index contributed by atoms with van der Waals surface area (Å²) in [5, 5.41) is 2.81.